The number of carbonyl (C=O) groups is 2. The second kappa shape index (κ2) is 9.88. The molecule has 0 aromatic heterocycles. The number of nitrogens with one attached hydrogen (secondary N) is 2. The molecular weight excluding hydrogens is 425 g/mol. The normalized spacial score (nSPS) is 15.2. The van der Waals surface area contributed by atoms with Gasteiger partial charge in [-0.2, -0.15) is 0 Å². The van der Waals surface area contributed by atoms with Crippen molar-refractivity contribution in [3.63, 3.8) is 0 Å². The minimum atomic E-state index is -3.85. The van der Waals surface area contributed by atoms with E-state index in [1.807, 2.05) is 0 Å². The van der Waals surface area contributed by atoms with E-state index in [-0.39, 0.29) is 23.1 Å². The molecule has 2 amide bonds. The highest BCUT2D eigenvalue weighted by Crippen LogP contribution is 2.17. The van der Waals surface area contributed by atoms with Crippen LogP contribution >= 0.6 is 0 Å². The molecule has 31 heavy (non-hydrogen) atoms. The summed E-state index contributed by atoms with van der Waals surface area (Å²) in [7, 11) is -3.85. The van der Waals surface area contributed by atoms with E-state index in [0.717, 1.165) is 12.1 Å². The number of hydrogen-bond donors (Lipinski definition) is 2. The van der Waals surface area contributed by atoms with Gasteiger partial charge < -0.3 is 15.0 Å². The monoisotopic (exact) mass is 449 g/mol. The minimum absolute atomic E-state index is 0.0473. The van der Waals surface area contributed by atoms with Crippen molar-refractivity contribution < 1.29 is 27.1 Å². The molecule has 1 aliphatic heterocycles. The van der Waals surface area contributed by atoms with Crippen LogP contribution in [0.3, 0.4) is 0 Å². The first-order chi connectivity index (χ1) is 14.7. The van der Waals surface area contributed by atoms with Crippen molar-refractivity contribution in [2.24, 2.45) is 0 Å². The summed E-state index contributed by atoms with van der Waals surface area (Å²) in [6.45, 7) is 3.64. The number of morpholine rings is 1. The van der Waals surface area contributed by atoms with Gasteiger partial charge in [0.1, 0.15) is 11.9 Å². The fourth-order valence-corrected chi connectivity index (χ4v) is 4.17. The third kappa shape index (κ3) is 6.25. The lowest BCUT2D eigenvalue weighted by Crippen LogP contribution is -2.50. The van der Waals surface area contributed by atoms with Crippen molar-refractivity contribution in [2.45, 2.75) is 24.3 Å². The predicted octanol–water partition coefficient (Wildman–Crippen LogP) is 1.53. The van der Waals surface area contributed by atoms with Crippen LogP contribution in [0.1, 0.15) is 12.5 Å². The molecule has 166 valence electrons. The third-order valence-corrected chi connectivity index (χ3v) is 6.16. The number of ether oxygens (including phenoxy) is 1. The van der Waals surface area contributed by atoms with Crippen molar-refractivity contribution >= 4 is 27.5 Å². The van der Waals surface area contributed by atoms with Crippen molar-refractivity contribution in [3.05, 3.63) is 59.9 Å². The Labute approximate surface area is 180 Å². The van der Waals surface area contributed by atoms with Gasteiger partial charge >= 0.3 is 0 Å². The summed E-state index contributed by atoms with van der Waals surface area (Å²) < 4.78 is 45.3. The SMILES string of the molecule is CC(NC(=O)Cc1ccc(NS(=O)(=O)c2ccc(F)cc2)cc1)C(=O)N1CCOCC1. The van der Waals surface area contributed by atoms with Crippen LogP contribution in [0.4, 0.5) is 10.1 Å². The summed E-state index contributed by atoms with van der Waals surface area (Å²) in [5, 5.41) is 2.69. The summed E-state index contributed by atoms with van der Waals surface area (Å²) >= 11 is 0. The van der Waals surface area contributed by atoms with Gasteiger partial charge in [-0.3, -0.25) is 14.3 Å². The number of anilines is 1. The Morgan fingerprint density at radius 3 is 2.29 bits per heavy atom. The van der Waals surface area contributed by atoms with Crippen molar-refractivity contribution in [1.29, 1.82) is 0 Å². The van der Waals surface area contributed by atoms with Crippen molar-refractivity contribution in [3.8, 4) is 0 Å². The highest BCUT2D eigenvalue weighted by Gasteiger charge is 2.23. The summed E-state index contributed by atoms with van der Waals surface area (Å²) in [5.41, 5.74) is 0.970. The van der Waals surface area contributed by atoms with Crippen LogP contribution in [-0.2, 0) is 30.8 Å². The molecule has 1 aliphatic rings. The van der Waals surface area contributed by atoms with Crippen LogP contribution in [0.5, 0.6) is 0 Å². The summed E-state index contributed by atoms with van der Waals surface area (Å²) in [6, 6.07) is 10.2. The Kier molecular flexibility index (Phi) is 7.24. The molecule has 1 atom stereocenters. The van der Waals surface area contributed by atoms with Crippen LogP contribution in [0.15, 0.2) is 53.4 Å². The predicted molar refractivity (Wildman–Crippen MR) is 112 cm³/mol. The van der Waals surface area contributed by atoms with E-state index in [4.69, 9.17) is 4.74 Å². The van der Waals surface area contributed by atoms with E-state index in [2.05, 4.69) is 10.0 Å². The van der Waals surface area contributed by atoms with Gasteiger partial charge in [0.2, 0.25) is 11.8 Å². The van der Waals surface area contributed by atoms with Crippen LogP contribution in [0.2, 0.25) is 0 Å². The fraction of sp³-hybridized carbons (Fsp3) is 0.333. The van der Waals surface area contributed by atoms with Crippen LogP contribution < -0.4 is 10.0 Å². The molecule has 10 heteroatoms. The fourth-order valence-electron chi connectivity index (χ4n) is 3.12. The number of rotatable bonds is 7. The number of halogens is 1. The first-order valence-electron chi connectivity index (χ1n) is 9.78. The van der Waals surface area contributed by atoms with E-state index in [1.165, 1.54) is 24.3 Å². The molecular formula is C21H24FN3O5S. The van der Waals surface area contributed by atoms with E-state index in [1.54, 1.807) is 24.0 Å². The lowest BCUT2D eigenvalue weighted by atomic mass is 10.1. The number of carbonyl (C=O) groups excluding carboxylic acids is 2. The number of benzene rings is 2. The standard InChI is InChI=1S/C21H24FN3O5S/c1-15(21(27)25-10-12-30-13-11-25)23-20(26)14-16-2-6-18(7-3-16)24-31(28,29)19-8-4-17(22)5-9-19/h2-9,15,24H,10-14H2,1H3,(H,23,26). The first kappa shape index (κ1) is 22.7. The zero-order chi connectivity index (χ0) is 22.4. The molecule has 0 aliphatic carbocycles. The maximum absolute atomic E-state index is 13.0. The van der Waals surface area contributed by atoms with Crippen molar-refractivity contribution in [2.75, 3.05) is 31.0 Å². The van der Waals surface area contributed by atoms with Gasteiger partial charge in [-0.05, 0) is 48.9 Å². The summed E-state index contributed by atoms with van der Waals surface area (Å²) in [5.74, 6) is -0.988. The number of sulfonamides is 1. The molecule has 2 N–H and O–H groups in total. The molecule has 8 nitrogen and oxygen atoms in total. The molecule has 0 saturated carbocycles. The third-order valence-electron chi connectivity index (χ3n) is 4.77. The first-order valence-corrected chi connectivity index (χ1v) is 11.3. The molecule has 2 aromatic rings. The second-order valence-electron chi connectivity index (χ2n) is 7.16. The lowest BCUT2D eigenvalue weighted by Gasteiger charge is -2.29. The average Bonchev–Trinajstić information content (AvgIpc) is 2.75. The van der Waals surface area contributed by atoms with Crippen LogP contribution in [0.25, 0.3) is 0 Å². The Morgan fingerprint density at radius 2 is 1.68 bits per heavy atom. The molecule has 1 fully saturated rings. The van der Waals surface area contributed by atoms with Crippen LogP contribution in [0, 0.1) is 5.82 Å². The van der Waals surface area contributed by atoms with Crippen LogP contribution in [-0.4, -0.2) is 57.5 Å². The molecule has 0 spiro atoms. The van der Waals surface area contributed by atoms with E-state index < -0.39 is 21.9 Å². The zero-order valence-electron chi connectivity index (χ0n) is 17.0. The lowest BCUT2D eigenvalue weighted by molar-refractivity contribution is -0.139. The van der Waals surface area contributed by atoms with Crippen molar-refractivity contribution in [1.82, 2.24) is 10.2 Å². The van der Waals surface area contributed by atoms with E-state index >= 15 is 0 Å². The maximum atomic E-state index is 13.0. The quantitative estimate of drug-likeness (QED) is 0.667. The average molecular weight is 450 g/mol. The highest BCUT2D eigenvalue weighted by atomic mass is 32.2. The smallest absolute Gasteiger partial charge is 0.261 e. The Morgan fingerprint density at radius 1 is 1.06 bits per heavy atom. The summed E-state index contributed by atoms with van der Waals surface area (Å²) in [4.78, 5) is 26.3. The van der Waals surface area contributed by atoms with Gasteiger partial charge in [0.25, 0.3) is 10.0 Å². The molecule has 1 saturated heterocycles. The molecule has 2 aromatic carbocycles. The minimum Gasteiger partial charge on any atom is -0.378 e. The molecule has 0 bridgehead atoms. The number of amides is 2. The Bertz CT molecular complexity index is 1020. The zero-order valence-corrected chi connectivity index (χ0v) is 17.8. The van der Waals surface area contributed by atoms with E-state index in [0.29, 0.717) is 37.6 Å². The summed E-state index contributed by atoms with van der Waals surface area (Å²) in [6.07, 6.45) is 0.0473. The molecule has 3 rings (SSSR count). The van der Waals surface area contributed by atoms with Gasteiger partial charge in [-0.25, -0.2) is 12.8 Å². The largest absolute Gasteiger partial charge is 0.378 e. The second-order valence-corrected chi connectivity index (χ2v) is 8.84. The van der Waals surface area contributed by atoms with Gasteiger partial charge in [0.15, 0.2) is 0 Å². The van der Waals surface area contributed by atoms with E-state index in [9.17, 15) is 22.4 Å². The number of nitrogens with zero attached hydrogens (tertiary/aromatic N) is 1. The van der Waals surface area contributed by atoms with Gasteiger partial charge in [-0.15, -0.1) is 0 Å². The maximum Gasteiger partial charge on any atom is 0.261 e. The molecule has 1 heterocycles. The highest BCUT2D eigenvalue weighted by molar-refractivity contribution is 7.92. The Hall–Kier alpha value is -2.98. The Balaban J connectivity index is 1.54. The molecule has 1 unspecified atom stereocenters. The van der Waals surface area contributed by atoms with Gasteiger partial charge in [0, 0.05) is 18.8 Å². The topological polar surface area (TPSA) is 105 Å². The van der Waals surface area contributed by atoms with Gasteiger partial charge in [-0.1, -0.05) is 12.1 Å². The number of hydrogen-bond acceptors (Lipinski definition) is 5. The molecule has 0 radical (unpaired) electrons. The van der Waals surface area contributed by atoms with Gasteiger partial charge in [0.05, 0.1) is 24.5 Å².